The summed E-state index contributed by atoms with van der Waals surface area (Å²) in [6.07, 6.45) is -4.15. The molecule has 0 amide bonds. The Morgan fingerprint density at radius 3 is 2.65 bits per heavy atom. The third-order valence-corrected chi connectivity index (χ3v) is 4.29. The number of aromatic amines is 1. The Bertz CT molecular complexity index is 783. The minimum absolute atomic E-state index is 0.0679. The van der Waals surface area contributed by atoms with E-state index in [2.05, 4.69) is 15.1 Å². The number of halogens is 3. The molecular weight excluding hydrogens is 335 g/mol. The van der Waals surface area contributed by atoms with Crippen LogP contribution < -0.4 is 5.56 Å². The molecule has 6 nitrogen and oxygen atoms in total. The fourth-order valence-electron chi connectivity index (χ4n) is 1.99. The summed E-state index contributed by atoms with van der Waals surface area (Å²) in [4.78, 5) is 16.8. The van der Waals surface area contributed by atoms with Crippen molar-refractivity contribution in [3.63, 3.8) is 0 Å². The van der Waals surface area contributed by atoms with E-state index in [1.807, 2.05) is 6.92 Å². The van der Waals surface area contributed by atoms with Crippen molar-refractivity contribution in [2.45, 2.75) is 38.0 Å². The first-order valence-corrected chi connectivity index (χ1v) is 8.16. The van der Waals surface area contributed by atoms with Gasteiger partial charge in [0.05, 0.1) is 17.2 Å². The van der Waals surface area contributed by atoms with Gasteiger partial charge in [-0.3, -0.25) is 9.00 Å². The molecule has 1 atom stereocenters. The molecule has 2 aromatic heterocycles. The molecule has 126 valence electrons. The Hall–Kier alpha value is -1.97. The van der Waals surface area contributed by atoms with Gasteiger partial charge in [-0.25, -0.2) is 4.98 Å². The summed E-state index contributed by atoms with van der Waals surface area (Å²) in [7, 11) is -1.57. The second-order valence-electron chi connectivity index (χ2n) is 4.82. The van der Waals surface area contributed by atoms with E-state index in [1.165, 1.54) is 0 Å². The summed E-state index contributed by atoms with van der Waals surface area (Å²) >= 11 is 0. The van der Waals surface area contributed by atoms with Crippen molar-refractivity contribution >= 4 is 10.8 Å². The average Bonchev–Trinajstić information content (AvgIpc) is 2.78. The van der Waals surface area contributed by atoms with Gasteiger partial charge in [0.15, 0.2) is 5.69 Å². The van der Waals surface area contributed by atoms with Crippen LogP contribution in [0.5, 0.6) is 0 Å². The van der Waals surface area contributed by atoms with Gasteiger partial charge in [0.25, 0.3) is 5.56 Å². The number of alkyl halides is 3. The molecule has 0 saturated carbocycles. The summed E-state index contributed by atoms with van der Waals surface area (Å²) in [5, 5.41) is 3.82. The number of nitrogens with one attached hydrogen (secondary N) is 1. The van der Waals surface area contributed by atoms with Crippen LogP contribution in [0.25, 0.3) is 0 Å². The molecule has 0 radical (unpaired) electrons. The van der Waals surface area contributed by atoms with Gasteiger partial charge < -0.3 is 9.51 Å². The zero-order valence-corrected chi connectivity index (χ0v) is 13.2. The smallest absolute Gasteiger partial charge is 0.361 e. The van der Waals surface area contributed by atoms with Gasteiger partial charge in [-0.2, -0.15) is 13.2 Å². The molecule has 0 bridgehead atoms. The van der Waals surface area contributed by atoms with Gasteiger partial charge in [-0.1, -0.05) is 12.1 Å². The average molecular weight is 349 g/mol. The van der Waals surface area contributed by atoms with Gasteiger partial charge in [0.1, 0.15) is 11.6 Å². The van der Waals surface area contributed by atoms with Gasteiger partial charge in [0.2, 0.25) is 0 Å². The molecule has 0 unspecified atom stereocenters. The van der Waals surface area contributed by atoms with E-state index < -0.39 is 28.2 Å². The van der Waals surface area contributed by atoms with Crippen molar-refractivity contribution in [3.8, 4) is 0 Å². The number of hydrogen-bond acceptors (Lipinski definition) is 5. The molecule has 0 spiro atoms. The lowest BCUT2D eigenvalue weighted by Crippen LogP contribution is -2.19. The van der Waals surface area contributed by atoms with E-state index in [4.69, 9.17) is 4.52 Å². The molecule has 0 aliphatic carbocycles. The summed E-state index contributed by atoms with van der Waals surface area (Å²) in [6, 6.07) is 0.367. The first kappa shape index (κ1) is 17.4. The van der Waals surface area contributed by atoms with Crippen LogP contribution in [0, 0.1) is 6.92 Å². The fourth-order valence-corrected chi connectivity index (χ4v) is 3.22. The Kier molecular flexibility index (Phi) is 5.03. The largest absolute Gasteiger partial charge is 0.433 e. The zero-order valence-electron chi connectivity index (χ0n) is 12.4. The number of nitrogens with zero attached hydrogens (tertiary/aromatic N) is 2. The van der Waals surface area contributed by atoms with Crippen molar-refractivity contribution in [1.29, 1.82) is 0 Å². The quantitative estimate of drug-likeness (QED) is 0.893. The SMILES string of the molecule is CCc1noc(C)c1C[S@@](=O)Cc1nc(C(F)(F)F)cc(=O)[nH]1. The predicted octanol–water partition coefficient (Wildman–Crippen LogP) is 2.10. The van der Waals surface area contributed by atoms with E-state index in [9.17, 15) is 22.2 Å². The maximum absolute atomic E-state index is 12.6. The lowest BCUT2D eigenvalue weighted by Gasteiger charge is -2.07. The van der Waals surface area contributed by atoms with E-state index in [0.717, 1.165) is 0 Å². The van der Waals surface area contributed by atoms with Crippen molar-refractivity contribution in [3.05, 3.63) is 45.0 Å². The maximum atomic E-state index is 12.6. The van der Waals surface area contributed by atoms with E-state index in [0.29, 0.717) is 29.5 Å². The molecular formula is C13H14F3N3O3S. The van der Waals surface area contributed by atoms with E-state index in [-0.39, 0.29) is 17.3 Å². The van der Waals surface area contributed by atoms with Gasteiger partial charge >= 0.3 is 6.18 Å². The molecule has 0 fully saturated rings. The van der Waals surface area contributed by atoms with Crippen molar-refractivity contribution < 1.29 is 21.9 Å². The number of aryl methyl sites for hydroxylation is 2. The molecule has 2 heterocycles. The highest BCUT2D eigenvalue weighted by Gasteiger charge is 2.33. The number of H-pyrrole nitrogens is 1. The highest BCUT2D eigenvalue weighted by atomic mass is 32.2. The van der Waals surface area contributed by atoms with Gasteiger partial charge in [0, 0.05) is 22.4 Å². The Morgan fingerprint density at radius 2 is 2.04 bits per heavy atom. The summed E-state index contributed by atoms with van der Waals surface area (Å²) < 4.78 is 55.1. The molecule has 1 N–H and O–H groups in total. The lowest BCUT2D eigenvalue weighted by atomic mass is 10.2. The number of rotatable bonds is 5. The van der Waals surface area contributed by atoms with Crippen molar-refractivity contribution in [1.82, 2.24) is 15.1 Å². The van der Waals surface area contributed by atoms with Gasteiger partial charge in [-0.05, 0) is 13.3 Å². The number of hydrogen-bond donors (Lipinski definition) is 1. The zero-order chi connectivity index (χ0) is 17.2. The first-order valence-electron chi connectivity index (χ1n) is 6.67. The standard InChI is InChI=1S/C13H14F3N3O3S/c1-3-9-8(7(2)22-19-9)5-23(21)6-11-17-10(13(14,15)16)4-12(20)18-11/h4H,3,5-6H2,1-2H3,(H,17,18,20)/t23-/m1/s1. The monoisotopic (exact) mass is 349 g/mol. The van der Waals surface area contributed by atoms with Crippen LogP contribution in [-0.4, -0.2) is 19.3 Å². The van der Waals surface area contributed by atoms with Crippen LogP contribution in [-0.2, 0) is 34.9 Å². The minimum Gasteiger partial charge on any atom is -0.361 e. The van der Waals surface area contributed by atoms with Crippen LogP contribution >= 0.6 is 0 Å². The second kappa shape index (κ2) is 6.65. The summed E-state index contributed by atoms with van der Waals surface area (Å²) in [5.74, 6) is 0.0155. The Labute approximate surface area is 131 Å². The Morgan fingerprint density at radius 1 is 1.35 bits per heavy atom. The lowest BCUT2D eigenvalue weighted by molar-refractivity contribution is -0.141. The summed E-state index contributed by atoms with van der Waals surface area (Å²) in [6.45, 7) is 3.53. The summed E-state index contributed by atoms with van der Waals surface area (Å²) in [5.41, 5.74) is -0.917. The normalized spacial score (nSPS) is 13.3. The minimum atomic E-state index is -4.73. The topological polar surface area (TPSA) is 88.8 Å². The first-order chi connectivity index (χ1) is 10.7. The Balaban J connectivity index is 2.19. The van der Waals surface area contributed by atoms with E-state index in [1.54, 1.807) is 6.92 Å². The van der Waals surface area contributed by atoms with Crippen LogP contribution in [0.4, 0.5) is 13.2 Å². The van der Waals surface area contributed by atoms with Crippen molar-refractivity contribution in [2.75, 3.05) is 0 Å². The maximum Gasteiger partial charge on any atom is 0.433 e. The predicted molar refractivity (Wildman–Crippen MR) is 76.0 cm³/mol. The third-order valence-electron chi connectivity index (χ3n) is 3.09. The molecule has 23 heavy (non-hydrogen) atoms. The highest BCUT2D eigenvalue weighted by Crippen LogP contribution is 2.26. The molecule has 10 heteroatoms. The second-order valence-corrected chi connectivity index (χ2v) is 6.28. The van der Waals surface area contributed by atoms with Crippen LogP contribution in [0.3, 0.4) is 0 Å². The van der Waals surface area contributed by atoms with E-state index >= 15 is 0 Å². The molecule has 2 rings (SSSR count). The third kappa shape index (κ3) is 4.27. The molecule has 2 aromatic rings. The van der Waals surface area contributed by atoms with Gasteiger partial charge in [-0.15, -0.1) is 0 Å². The molecule has 0 saturated heterocycles. The fraction of sp³-hybridized carbons (Fsp3) is 0.462. The van der Waals surface area contributed by atoms with Crippen LogP contribution in [0.1, 0.15) is 35.5 Å². The molecule has 0 aliphatic rings. The van der Waals surface area contributed by atoms with Crippen LogP contribution in [0.2, 0.25) is 0 Å². The van der Waals surface area contributed by atoms with Crippen molar-refractivity contribution in [2.24, 2.45) is 0 Å². The molecule has 0 aliphatic heterocycles. The molecule has 0 aromatic carbocycles. The number of aromatic nitrogens is 3. The van der Waals surface area contributed by atoms with Crippen LogP contribution in [0.15, 0.2) is 15.4 Å². The highest BCUT2D eigenvalue weighted by molar-refractivity contribution is 7.83.